The number of aromatic nitrogens is 3. The van der Waals surface area contributed by atoms with Crippen LogP contribution in [-0.4, -0.2) is 56.3 Å². The molecule has 1 unspecified atom stereocenters. The molecule has 1 aromatic rings. The van der Waals surface area contributed by atoms with E-state index in [1.54, 1.807) is 0 Å². The van der Waals surface area contributed by atoms with E-state index in [0.29, 0.717) is 31.8 Å². The molecule has 8 nitrogen and oxygen atoms in total. The van der Waals surface area contributed by atoms with Gasteiger partial charge in [0.2, 0.25) is 0 Å². The van der Waals surface area contributed by atoms with Crippen molar-refractivity contribution in [1.82, 2.24) is 25.4 Å². The molecule has 1 aliphatic heterocycles. The van der Waals surface area contributed by atoms with Crippen LogP contribution in [0.25, 0.3) is 0 Å². The molecule has 1 atom stereocenters. The van der Waals surface area contributed by atoms with E-state index < -0.39 is 12.0 Å². The van der Waals surface area contributed by atoms with Crippen LogP contribution in [0, 0.1) is 0 Å². The van der Waals surface area contributed by atoms with Gasteiger partial charge in [0.1, 0.15) is 18.2 Å². The van der Waals surface area contributed by atoms with Crippen molar-refractivity contribution in [1.29, 1.82) is 0 Å². The van der Waals surface area contributed by atoms with E-state index in [9.17, 15) is 14.7 Å². The SMILES string of the molecule is O=C(O)C1CCCCCN1C(=O)NCCc1ncn[nH]1. The third-order valence-corrected chi connectivity index (χ3v) is 3.40. The summed E-state index contributed by atoms with van der Waals surface area (Å²) in [6, 6.07) is -1.04. The number of carbonyl (C=O) groups is 2. The van der Waals surface area contributed by atoms with Crippen LogP contribution in [0.2, 0.25) is 0 Å². The summed E-state index contributed by atoms with van der Waals surface area (Å²) in [5, 5.41) is 18.4. The summed E-state index contributed by atoms with van der Waals surface area (Å²) < 4.78 is 0. The zero-order chi connectivity index (χ0) is 14.4. The van der Waals surface area contributed by atoms with Crippen LogP contribution in [-0.2, 0) is 11.2 Å². The highest BCUT2D eigenvalue weighted by atomic mass is 16.4. The molecule has 110 valence electrons. The number of amides is 2. The van der Waals surface area contributed by atoms with Gasteiger partial charge < -0.3 is 15.3 Å². The molecule has 3 N–H and O–H groups in total. The van der Waals surface area contributed by atoms with Crippen LogP contribution in [0.1, 0.15) is 31.5 Å². The van der Waals surface area contributed by atoms with Gasteiger partial charge in [-0.3, -0.25) is 5.10 Å². The molecule has 1 fully saturated rings. The monoisotopic (exact) mass is 281 g/mol. The van der Waals surface area contributed by atoms with Crippen LogP contribution in [0.3, 0.4) is 0 Å². The molecule has 1 aliphatic rings. The van der Waals surface area contributed by atoms with Gasteiger partial charge in [0.25, 0.3) is 0 Å². The molecule has 8 heteroatoms. The van der Waals surface area contributed by atoms with E-state index in [4.69, 9.17) is 0 Å². The highest BCUT2D eigenvalue weighted by Crippen LogP contribution is 2.17. The fraction of sp³-hybridized carbons (Fsp3) is 0.667. The van der Waals surface area contributed by atoms with Gasteiger partial charge in [-0.05, 0) is 12.8 Å². The number of aromatic amines is 1. The van der Waals surface area contributed by atoms with Gasteiger partial charge in [0.05, 0.1) is 0 Å². The molecule has 20 heavy (non-hydrogen) atoms. The van der Waals surface area contributed by atoms with Gasteiger partial charge in [-0.25, -0.2) is 14.6 Å². The predicted molar refractivity (Wildman–Crippen MR) is 70.1 cm³/mol. The third-order valence-electron chi connectivity index (χ3n) is 3.40. The van der Waals surface area contributed by atoms with Gasteiger partial charge in [-0.15, -0.1) is 0 Å². The minimum Gasteiger partial charge on any atom is -0.480 e. The molecular formula is C12H19N5O3. The second-order valence-corrected chi connectivity index (χ2v) is 4.81. The number of urea groups is 1. The fourth-order valence-electron chi connectivity index (χ4n) is 2.35. The number of rotatable bonds is 4. The number of H-pyrrole nitrogens is 1. The van der Waals surface area contributed by atoms with Gasteiger partial charge >= 0.3 is 12.0 Å². The largest absolute Gasteiger partial charge is 0.480 e. The van der Waals surface area contributed by atoms with E-state index in [1.165, 1.54) is 11.2 Å². The topological polar surface area (TPSA) is 111 Å². The zero-order valence-corrected chi connectivity index (χ0v) is 11.2. The normalized spacial score (nSPS) is 19.4. The maximum absolute atomic E-state index is 12.1. The number of carboxylic acid groups (broad SMARTS) is 1. The number of nitrogens with zero attached hydrogens (tertiary/aromatic N) is 3. The molecule has 2 amide bonds. The predicted octanol–water partition coefficient (Wildman–Crippen LogP) is 0.386. The van der Waals surface area contributed by atoms with Gasteiger partial charge in [-0.2, -0.15) is 5.10 Å². The molecule has 2 rings (SSSR count). The second kappa shape index (κ2) is 6.88. The van der Waals surface area contributed by atoms with Crippen molar-refractivity contribution < 1.29 is 14.7 Å². The minimum atomic E-state index is -0.933. The molecule has 0 radical (unpaired) electrons. The highest BCUT2D eigenvalue weighted by molar-refractivity contribution is 5.82. The minimum absolute atomic E-state index is 0.321. The van der Waals surface area contributed by atoms with Crippen molar-refractivity contribution >= 4 is 12.0 Å². The average Bonchev–Trinajstić information content (AvgIpc) is 2.80. The summed E-state index contributed by atoms with van der Waals surface area (Å²) >= 11 is 0. The van der Waals surface area contributed by atoms with Crippen molar-refractivity contribution in [2.45, 2.75) is 38.1 Å². The molecule has 2 heterocycles. The Morgan fingerprint density at radius 1 is 1.45 bits per heavy atom. The summed E-state index contributed by atoms with van der Waals surface area (Å²) in [6.07, 6.45) is 5.12. The van der Waals surface area contributed by atoms with E-state index in [0.717, 1.165) is 19.3 Å². The molecule has 0 aromatic carbocycles. The van der Waals surface area contributed by atoms with E-state index in [-0.39, 0.29) is 6.03 Å². The number of carboxylic acids is 1. The van der Waals surface area contributed by atoms with Crippen molar-refractivity contribution in [3.05, 3.63) is 12.2 Å². The van der Waals surface area contributed by atoms with E-state index in [2.05, 4.69) is 20.5 Å². The number of carbonyl (C=O) groups excluding carboxylic acids is 1. The number of likely N-dealkylation sites (tertiary alicyclic amines) is 1. The fourth-order valence-corrected chi connectivity index (χ4v) is 2.35. The molecular weight excluding hydrogens is 262 g/mol. The Kier molecular flexibility index (Phi) is 4.91. The Labute approximate surface area is 116 Å². The quantitative estimate of drug-likeness (QED) is 0.739. The lowest BCUT2D eigenvalue weighted by molar-refractivity contribution is -0.142. The highest BCUT2D eigenvalue weighted by Gasteiger charge is 2.30. The maximum atomic E-state index is 12.1. The van der Waals surface area contributed by atoms with Gasteiger partial charge in [-0.1, -0.05) is 12.8 Å². The summed E-state index contributed by atoms with van der Waals surface area (Å²) in [6.45, 7) is 0.891. The standard InChI is InChI=1S/C12H19N5O3/c18-11(19)9-4-2-1-3-7-17(9)12(20)13-6-5-10-14-8-15-16-10/h8-9H,1-7H2,(H,13,20)(H,18,19)(H,14,15,16). The van der Waals surface area contributed by atoms with E-state index in [1.807, 2.05) is 0 Å². The summed E-state index contributed by atoms with van der Waals surface area (Å²) in [5.74, 6) is -0.242. The maximum Gasteiger partial charge on any atom is 0.326 e. The van der Waals surface area contributed by atoms with Crippen molar-refractivity contribution in [3.63, 3.8) is 0 Å². The zero-order valence-electron chi connectivity index (χ0n) is 11.2. The van der Waals surface area contributed by atoms with Crippen molar-refractivity contribution in [3.8, 4) is 0 Å². The molecule has 0 saturated carbocycles. The molecule has 0 aliphatic carbocycles. The summed E-state index contributed by atoms with van der Waals surface area (Å²) in [4.78, 5) is 28.7. The first-order valence-electron chi connectivity index (χ1n) is 6.80. The third kappa shape index (κ3) is 3.69. The van der Waals surface area contributed by atoms with Crippen molar-refractivity contribution in [2.75, 3.05) is 13.1 Å². The number of hydrogen-bond acceptors (Lipinski definition) is 4. The first-order valence-corrected chi connectivity index (χ1v) is 6.80. The Hall–Kier alpha value is -2.12. The summed E-state index contributed by atoms with van der Waals surface area (Å²) in [7, 11) is 0. The Bertz CT molecular complexity index is 448. The van der Waals surface area contributed by atoms with Crippen LogP contribution >= 0.6 is 0 Å². The lowest BCUT2D eigenvalue weighted by Crippen LogP contribution is -2.49. The van der Waals surface area contributed by atoms with Crippen molar-refractivity contribution in [2.24, 2.45) is 0 Å². The van der Waals surface area contributed by atoms with Gasteiger partial charge in [0.15, 0.2) is 0 Å². The smallest absolute Gasteiger partial charge is 0.326 e. The average molecular weight is 281 g/mol. The Morgan fingerprint density at radius 2 is 2.30 bits per heavy atom. The Balaban J connectivity index is 1.86. The second-order valence-electron chi connectivity index (χ2n) is 4.81. The lowest BCUT2D eigenvalue weighted by atomic mass is 10.1. The Morgan fingerprint density at radius 3 is 3.00 bits per heavy atom. The first kappa shape index (κ1) is 14.3. The lowest BCUT2D eigenvalue weighted by Gasteiger charge is -2.27. The molecule has 1 saturated heterocycles. The summed E-state index contributed by atoms with van der Waals surface area (Å²) in [5.41, 5.74) is 0. The molecule has 0 bridgehead atoms. The molecule has 1 aromatic heterocycles. The number of hydrogen-bond donors (Lipinski definition) is 3. The molecule has 0 spiro atoms. The number of nitrogens with one attached hydrogen (secondary N) is 2. The van der Waals surface area contributed by atoms with Crippen LogP contribution in [0.5, 0.6) is 0 Å². The van der Waals surface area contributed by atoms with Crippen LogP contribution < -0.4 is 5.32 Å². The van der Waals surface area contributed by atoms with Crippen LogP contribution in [0.4, 0.5) is 4.79 Å². The number of aliphatic carboxylic acids is 1. The van der Waals surface area contributed by atoms with E-state index >= 15 is 0 Å². The first-order chi connectivity index (χ1) is 9.68. The van der Waals surface area contributed by atoms with Crippen LogP contribution in [0.15, 0.2) is 6.33 Å². The van der Waals surface area contributed by atoms with Gasteiger partial charge in [0, 0.05) is 19.5 Å².